The number of rotatable bonds is 9. The number of carbonyl (C=O) groups is 1. The number of hydrogen-bond donors (Lipinski definition) is 2. The molecule has 1 aliphatic heterocycles. The molecule has 2 aromatic rings. The average molecular weight is 430 g/mol. The van der Waals surface area contributed by atoms with Crippen molar-refractivity contribution in [2.75, 3.05) is 26.2 Å². The van der Waals surface area contributed by atoms with Gasteiger partial charge in [-0.3, -0.25) is 9.69 Å². The van der Waals surface area contributed by atoms with Crippen LogP contribution in [-0.2, 0) is 14.8 Å². The van der Waals surface area contributed by atoms with E-state index in [0.29, 0.717) is 6.54 Å². The standard InChI is InChI=1S/C23H31N3O3S/c1-18-10-11-21(16-19(18)2)30(28,29)25-13-12-23(27)24-17-22(26-14-6-7-15-26)20-8-4-3-5-9-20/h3-5,8-11,16,22,25H,6-7,12-15,17H2,1-2H3,(H,24,27). The summed E-state index contributed by atoms with van der Waals surface area (Å²) in [7, 11) is -3.62. The van der Waals surface area contributed by atoms with Crippen LogP contribution in [-0.4, -0.2) is 45.4 Å². The molecule has 0 bridgehead atoms. The zero-order valence-electron chi connectivity index (χ0n) is 17.7. The molecule has 1 unspecified atom stereocenters. The maximum atomic E-state index is 12.5. The predicted molar refractivity (Wildman–Crippen MR) is 119 cm³/mol. The van der Waals surface area contributed by atoms with Crippen LogP contribution in [0.2, 0.25) is 0 Å². The molecule has 162 valence electrons. The summed E-state index contributed by atoms with van der Waals surface area (Å²) in [6.45, 7) is 6.48. The molecule has 1 aliphatic rings. The number of nitrogens with one attached hydrogen (secondary N) is 2. The minimum absolute atomic E-state index is 0.0702. The number of likely N-dealkylation sites (tertiary alicyclic amines) is 1. The number of hydrogen-bond acceptors (Lipinski definition) is 4. The molecule has 7 heteroatoms. The van der Waals surface area contributed by atoms with Crippen molar-refractivity contribution in [2.24, 2.45) is 0 Å². The Kier molecular flexibility index (Phi) is 7.64. The van der Waals surface area contributed by atoms with Gasteiger partial charge >= 0.3 is 0 Å². The van der Waals surface area contributed by atoms with E-state index >= 15 is 0 Å². The third-order valence-corrected chi connectivity index (χ3v) is 7.15. The smallest absolute Gasteiger partial charge is 0.240 e. The van der Waals surface area contributed by atoms with E-state index in [1.807, 2.05) is 32.0 Å². The number of sulfonamides is 1. The van der Waals surface area contributed by atoms with Gasteiger partial charge in [0.25, 0.3) is 0 Å². The number of aryl methyl sites for hydroxylation is 2. The fraction of sp³-hybridized carbons (Fsp3) is 0.435. The first kappa shape index (κ1) is 22.5. The minimum Gasteiger partial charge on any atom is -0.354 e. The predicted octanol–water partition coefficient (Wildman–Crippen LogP) is 2.93. The van der Waals surface area contributed by atoms with E-state index in [9.17, 15) is 13.2 Å². The van der Waals surface area contributed by atoms with E-state index in [1.54, 1.807) is 18.2 Å². The maximum Gasteiger partial charge on any atom is 0.240 e. The average Bonchev–Trinajstić information content (AvgIpc) is 3.25. The molecule has 0 saturated carbocycles. The maximum absolute atomic E-state index is 12.5. The van der Waals surface area contributed by atoms with Crippen molar-refractivity contribution < 1.29 is 13.2 Å². The van der Waals surface area contributed by atoms with E-state index in [0.717, 1.165) is 24.2 Å². The van der Waals surface area contributed by atoms with Crippen LogP contribution >= 0.6 is 0 Å². The number of nitrogens with zero attached hydrogens (tertiary/aromatic N) is 1. The Balaban J connectivity index is 1.51. The zero-order chi connectivity index (χ0) is 21.6. The van der Waals surface area contributed by atoms with Crippen LogP contribution in [0.4, 0.5) is 0 Å². The van der Waals surface area contributed by atoms with Crippen molar-refractivity contribution >= 4 is 15.9 Å². The Morgan fingerprint density at radius 2 is 1.73 bits per heavy atom. The number of amides is 1. The lowest BCUT2D eigenvalue weighted by Crippen LogP contribution is -2.38. The first-order valence-corrected chi connectivity index (χ1v) is 12.0. The van der Waals surface area contributed by atoms with Crippen LogP contribution < -0.4 is 10.0 Å². The Morgan fingerprint density at radius 1 is 1.03 bits per heavy atom. The van der Waals surface area contributed by atoms with Crippen molar-refractivity contribution in [2.45, 2.75) is 44.0 Å². The van der Waals surface area contributed by atoms with E-state index in [-0.39, 0.29) is 29.8 Å². The second kappa shape index (κ2) is 10.2. The highest BCUT2D eigenvalue weighted by Crippen LogP contribution is 2.24. The van der Waals surface area contributed by atoms with Gasteiger partial charge in [0.15, 0.2) is 0 Å². The second-order valence-electron chi connectivity index (χ2n) is 7.87. The van der Waals surface area contributed by atoms with Gasteiger partial charge in [-0.05, 0) is 68.6 Å². The molecule has 6 nitrogen and oxygen atoms in total. The Hall–Kier alpha value is -2.22. The molecular weight excluding hydrogens is 398 g/mol. The molecule has 0 aromatic heterocycles. The summed E-state index contributed by atoms with van der Waals surface area (Å²) in [5, 5.41) is 2.99. The van der Waals surface area contributed by atoms with E-state index < -0.39 is 10.0 Å². The van der Waals surface area contributed by atoms with E-state index in [1.165, 1.54) is 18.4 Å². The van der Waals surface area contributed by atoms with Crippen LogP contribution in [0.3, 0.4) is 0 Å². The first-order valence-electron chi connectivity index (χ1n) is 10.5. The number of benzene rings is 2. The molecule has 1 fully saturated rings. The monoisotopic (exact) mass is 429 g/mol. The van der Waals surface area contributed by atoms with Crippen molar-refractivity contribution in [3.8, 4) is 0 Å². The molecule has 30 heavy (non-hydrogen) atoms. The van der Waals surface area contributed by atoms with Gasteiger partial charge < -0.3 is 5.32 Å². The normalized spacial score (nSPS) is 15.8. The molecular formula is C23H31N3O3S. The van der Waals surface area contributed by atoms with Crippen molar-refractivity contribution in [3.05, 3.63) is 65.2 Å². The molecule has 1 atom stereocenters. The summed E-state index contributed by atoms with van der Waals surface area (Å²) in [6, 6.07) is 15.4. The molecule has 0 aliphatic carbocycles. The van der Waals surface area contributed by atoms with Crippen LogP contribution in [0.5, 0.6) is 0 Å². The highest BCUT2D eigenvalue weighted by molar-refractivity contribution is 7.89. The molecule has 3 rings (SSSR count). The van der Waals surface area contributed by atoms with Gasteiger partial charge in [0.05, 0.1) is 10.9 Å². The summed E-state index contributed by atoms with van der Waals surface area (Å²) in [4.78, 5) is 15.0. The molecule has 1 heterocycles. The lowest BCUT2D eigenvalue weighted by Gasteiger charge is -2.28. The SMILES string of the molecule is Cc1ccc(S(=O)(=O)NCCC(=O)NCC(c2ccccc2)N2CCCC2)cc1C. The lowest BCUT2D eigenvalue weighted by molar-refractivity contribution is -0.121. The molecule has 0 spiro atoms. The van der Waals surface area contributed by atoms with Gasteiger partial charge in [-0.25, -0.2) is 13.1 Å². The van der Waals surface area contributed by atoms with Crippen LogP contribution in [0.15, 0.2) is 53.4 Å². The summed E-state index contributed by atoms with van der Waals surface area (Å²) >= 11 is 0. The van der Waals surface area contributed by atoms with E-state index in [2.05, 4.69) is 27.1 Å². The van der Waals surface area contributed by atoms with Gasteiger partial charge in [0.1, 0.15) is 0 Å². The van der Waals surface area contributed by atoms with Gasteiger partial charge in [0.2, 0.25) is 15.9 Å². The van der Waals surface area contributed by atoms with E-state index in [4.69, 9.17) is 0 Å². The quantitative estimate of drug-likeness (QED) is 0.642. The summed E-state index contributed by atoms with van der Waals surface area (Å²) in [5.41, 5.74) is 3.15. The zero-order valence-corrected chi connectivity index (χ0v) is 18.5. The highest BCUT2D eigenvalue weighted by atomic mass is 32.2. The van der Waals surface area contributed by atoms with Gasteiger partial charge in [-0.1, -0.05) is 36.4 Å². The largest absolute Gasteiger partial charge is 0.354 e. The highest BCUT2D eigenvalue weighted by Gasteiger charge is 2.24. The molecule has 1 amide bonds. The Labute approximate surface area is 179 Å². The molecule has 0 radical (unpaired) electrons. The fourth-order valence-electron chi connectivity index (χ4n) is 3.75. The second-order valence-corrected chi connectivity index (χ2v) is 9.63. The lowest BCUT2D eigenvalue weighted by atomic mass is 10.1. The minimum atomic E-state index is -3.62. The van der Waals surface area contributed by atoms with Crippen LogP contribution in [0, 0.1) is 13.8 Å². The molecule has 2 aromatic carbocycles. The van der Waals surface area contributed by atoms with Gasteiger partial charge in [0, 0.05) is 19.5 Å². The van der Waals surface area contributed by atoms with Gasteiger partial charge in [-0.2, -0.15) is 0 Å². The van der Waals surface area contributed by atoms with Gasteiger partial charge in [-0.15, -0.1) is 0 Å². The van der Waals surface area contributed by atoms with Crippen molar-refractivity contribution in [1.29, 1.82) is 0 Å². The van der Waals surface area contributed by atoms with Crippen molar-refractivity contribution in [3.63, 3.8) is 0 Å². The Morgan fingerprint density at radius 3 is 2.40 bits per heavy atom. The summed E-state index contributed by atoms with van der Waals surface area (Å²) in [5.74, 6) is -0.155. The summed E-state index contributed by atoms with van der Waals surface area (Å²) < 4.78 is 27.4. The Bertz CT molecular complexity index is 955. The van der Waals surface area contributed by atoms with Crippen LogP contribution in [0.1, 0.15) is 42.0 Å². The third-order valence-electron chi connectivity index (χ3n) is 5.69. The first-order chi connectivity index (χ1) is 14.4. The molecule has 1 saturated heterocycles. The topological polar surface area (TPSA) is 78.5 Å². The summed E-state index contributed by atoms with van der Waals surface area (Å²) in [6.07, 6.45) is 2.46. The third kappa shape index (κ3) is 5.90. The molecule has 2 N–H and O–H groups in total. The van der Waals surface area contributed by atoms with Crippen LogP contribution in [0.25, 0.3) is 0 Å². The fourth-order valence-corrected chi connectivity index (χ4v) is 4.87. The number of carbonyl (C=O) groups excluding carboxylic acids is 1. The van der Waals surface area contributed by atoms with Crippen molar-refractivity contribution in [1.82, 2.24) is 14.9 Å².